The molecule has 0 heterocycles. The van der Waals surface area contributed by atoms with Crippen LogP contribution in [0.25, 0.3) is 0 Å². The Labute approximate surface area is 94.4 Å². The van der Waals surface area contributed by atoms with E-state index in [0.29, 0.717) is 6.61 Å². The highest BCUT2D eigenvalue weighted by molar-refractivity contribution is 5.92. The van der Waals surface area contributed by atoms with Gasteiger partial charge in [-0.25, -0.2) is 9.59 Å². The zero-order valence-electron chi connectivity index (χ0n) is 9.52. The van der Waals surface area contributed by atoms with E-state index in [1.165, 1.54) is 6.92 Å². The van der Waals surface area contributed by atoms with Crippen LogP contribution in [0, 0.1) is 0 Å². The molecule has 0 amide bonds. The fourth-order valence-electron chi connectivity index (χ4n) is 0.722. The molecule has 0 saturated carbocycles. The van der Waals surface area contributed by atoms with E-state index >= 15 is 0 Å². The number of unbranched alkanes of at least 4 members (excludes halogenated alkanes) is 1. The first-order valence-electron chi connectivity index (χ1n) is 5.07. The first-order chi connectivity index (χ1) is 7.56. The molecule has 0 fully saturated rings. The highest BCUT2D eigenvalue weighted by Crippen LogP contribution is 1.90. The lowest BCUT2D eigenvalue weighted by molar-refractivity contribution is -0.143. The maximum atomic E-state index is 11.0. The second-order valence-electron chi connectivity index (χ2n) is 3.16. The summed E-state index contributed by atoms with van der Waals surface area (Å²) in [7, 11) is 0. The van der Waals surface area contributed by atoms with Gasteiger partial charge < -0.3 is 9.47 Å². The van der Waals surface area contributed by atoms with Gasteiger partial charge in [0.1, 0.15) is 6.61 Å². The Balaban J connectivity index is 3.75. The van der Waals surface area contributed by atoms with Gasteiger partial charge in [-0.3, -0.25) is 4.79 Å². The quantitative estimate of drug-likeness (QED) is 0.369. The third-order valence-electron chi connectivity index (χ3n) is 1.52. The van der Waals surface area contributed by atoms with Crippen LogP contribution in [-0.4, -0.2) is 30.9 Å². The monoisotopic (exact) mass is 228 g/mol. The number of ketones is 1. The van der Waals surface area contributed by atoms with Gasteiger partial charge in [0.2, 0.25) is 0 Å². The highest BCUT2D eigenvalue weighted by Gasteiger charge is 2.01. The molecule has 5 nitrogen and oxygen atoms in total. The Kier molecular flexibility index (Phi) is 7.75. The SMILES string of the molecule is CCCCOC(=O)/C=C\C(=O)OCC(C)=O. The Bertz CT molecular complexity index is 280. The van der Waals surface area contributed by atoms with E-state index in [1.807, 2.05) is 6.92 Å². The van der Waals surface area contributed by atoms with Crippen LogP contribution in [0.5, 0.6) is 0 Å². The molecular formula is C11H16O5. The average Bonchev–Trinajstić information content (AvgIpc) is 2.24. The summed E-state index contributed by atoms with van der Waals surface area (Å²) >= 11 is 0. The molecule has 0 atom stereocenters. The molecule has 0 aliphatic rings. The van der Waals surface area contributed by atoms with Crippen molar-refractivity contribution in [3.63, 3.8) is 0 Å². The van der Waals surface area contributed by atoms with E-state index in [-0.39, 0.29) is 12.4 Å². The molecule has 0 aliphatic carbocycles. The van der Waals surface area contributed by atoms with Gasteiger partial charge in [0.05, 0.1) is 6.61 Å². The molecule has 0 aromatic carbocycles. The summed E-state index contributed by atoms with van der Waals surface area (Å²) in [6.07, 6.45) is 3.64. The minimum atomic E-state index is -0.734. The third kappa shape index (κ3) is 8.93. The van der Waals surface area contributed by atoms with Crippen molar-refractivity contribution in [1.29, 1.82) is 0 Å². The molecule has 0 radical (unpaired) electrons. The van der Waals surface area contributed by atoms with Gasteiger partial charge >= 0.3 is 11.9 Å². The molecule has 0 rings (SSSR count). The van der Waals surface area contributed by atoms with Crippen molar-refractivity contribution >= 4 is 17.7 Å². The number of esters is 2. The molecule has 5 heteroatoms. The van der Waals surface area contributed by atoms with E-state index in [2.05, 4.69) is 4.74 Å². The average molecular weight is 228 g/mol. The van der Waals surface area contributed by atoms with Gasteiger partial charge in [-0.2, -0.15) is 0 Å². The molecule has 16 heavy (non-hydrogen) atoms. The zero-order valence-corrected chi connectivity index (χ0v) is 9.52. The zero-order chi connectivity index (χ0) is 12.4. The summed E-state index contributed by atoms with van der Waals surface area (Å²) in [5.41, 5.74) is 0. The van der Waals surface area contributed by atoms with Gasteiger partial charge in [-0.15, -0.1) is 0 Å². The van der Waals surface area contributed by atoms with Gasteiger partial charge in [-0.1, -0.05) is 13.3 Å². The summed E-state index contributed by atoms with van der Waals surface area (Å²) in [4.78, 5) is 32.4. The Morgan fingerprint density at radius 1 is 1.06 bits per heavy atom. The lowest BCUT2D eigenvalue weighted by Gasteiger charge is -1.99. The third-order valence-corrected chi connectivity index (χ3v) is 1.52. The maximum Gasteiger partial charge on any atom is 0.331 e. The highest BCUT2D eigenvalue weighted by atomic mass is 16.5. The molecular weight excluding hydrogens is 212 g/mol. The summed E-state index contributed by atoms with van der Waals surface area (Å²) in [6.45, 7) is 3.33. The molecule has 0 unspecified atom stereocenters. The van der Waals surface area contributed by atoms with Crippen molar-refractivity contribution in [2.75, 3.05) is 13.2 Å². The summed E-state index contributed by atoms with van der Waals surface area (Å²) in [5, 5.41) is 0. The van der Waals surface area contributed by atoms with Crippen LogP contribution in [-0.2, 0) is 23.9 Å². The number of carbonyl (C=O) groups is 3. The maximum absolute atomic E-state index is 11.0. The molecule has 0 saturated heterocycles. The number of hydrogen-bond donors (Lipinski definition) is 0. The number of hydrogen-bond acceptors (Lipinski definition) is 5. The minimum absolute atomic E-state index is 0.257. The van der Waals surface area contributed by atoms with E-state index in [4.69, 9.17) is 4.74 Å². The molecule has 0 aromatic rings. The molecule has 0 spiro atoms. The fourth-order valence-corrected chi connectivity index (χ4v) is 0.722. The standard InChI is InChI=1S/C11H16O5/c1-3-4-7-15-10(13)5-6-11(14)16-8-9(2)12/h5-6H,3-4,7-8H2,1-2H3/b6-5-. The molecule has 0 aliphatic heterocycles. The lowest BCUT2D eigenvalue weighted by Crippen LogP contribution is -2.09. The second kappa shape index (κ2) is 8.64. The Hall–Kier alpha value is -1.65. The summed E-state index contributed by atoms with van der Waals surface area (Å²) < 4.78 is 9.25. The molecule has 0 bridgehead atoms. The number of ether oxygens (including phenoxy) is 2. The molecule has 0 aromatic heterocycles. The summed E-state index contributed by atoms with van der Waals surface area (Å²) in [5.74, 6) is -1.58. The van der Waals surface area contributed by atoms with E-state index < -0.39 is 11.9 Å². The van der Waals surface area contributed by atoms with Crippen molar-refractivity contribution in [1.82, 2.24) is 0 Å². The van der Waals surface area contributed by atoms with Crippen LogP contribution in [0.15, 0.2) is 12.2 Å². The molecule has 0 N–H and O–H groups in total. The Morgan fingerprint density at radius 2 is 1.62 bits per heavy atom. The van der Waals surface area contributed by atoms with Crippen molar-refractivity contribution < 1.29 is 23.9 Å². The van der Waals surface area contributed by atoms with Gasteiger partial charge in [0.15, 0.2) is 5.78 Å². The van der Waals surface area contributed by atoms with Crippen molar-refractivity contribution in [2.24, 2.45) is 0 Å². The van der Waals surface area contributed by atoms with Crippen molar-refractivity contribution in [2.45, 2.75) is 26.7 Å². The van der Waals surface area contributed by atoms with Gasteiger partial charge in [0.25, 0.3) is 0 Å². The van der Waals surface area contributed by atoms with E-state index in [9.17, 15) is 14.4 Å². The largest absolute Gasteiger partial charge is 0.463 e. The number of rotatable bonds is 7. The van der Waals surface area contributed by atoms with Crippen molar-refractivity contribution in [3.8, 4) is 0 Å². The smallest absolute Gasteiger partial charge is 0.331 e. The van der Waals surface area contributed by atoms with Gasteiger partial charge in [0, 0.05) is 12.2 Å². The van der Waals surface area contributed by atoms with E-state index in [0.717, 1.165) is 25.0 Å². The topological polar surface area (TPSA) is 69.7 Å². The number of Topliss-reactive ketones (excluding diaryl/α,β-unsaturated/α-hetero) is 1. The van der Waals surface area contributed by atoms with Crippen LogP contribution in [0.4, 0.5) is 0 Å². The predicted molar refractivity (Wildman–Crippen MR) is 56.6 cm³/mol. The first-order valence-corrected chi connectivity index (χ1v) is 5.07. The molecule has 90 valence electrons. The normalized spacial score (nSPS) is 10.1. The minimum Gasteiger partial charge on any atom is -0.463 e. The summed E-state index contributed by atoms with van der Waals surface area (Å²) in [6, 6.07) is 0. The van der Waals surface area contributed by atoms with E-state index in [1.54, 1.807) is 0 Å². The fraction of sp³-hybridized carbons (Fsp3) is 0.545. The van der Waals surface area contributed by atoms with Crippen LogP contribution >= 0.6 is 0 Å². The van der Waals surface area contributed by atoms with Crippen LogP contribution < -0.4 is 0 Å². The van der Waals surface area contributed by atoms with Crippen molar-refractivity contribution in [3.05, 3.63) is 12.2 Å². The number of carbonyl (C=O) groups excluding carboxylic acids is 3. The van der Waals surface area contributed by atoms with Crippen LogP contribution in [0.1, 0.15) is 26.7 Å². The second-order valence-corrected chi connectivity index (χ2v) is 3.16. The lowest BCUT2D eigenvalue weighted by atomic mass is 10.4. The van der Waals surface area contributed by atoms with Gasteiger partial charge in [-0.05, 0) is 13.3 Å². The first kappa shape index (κ1) is 14.3. The predicted octanol–water partition coefficient (Wildman–Crippen LogP) is 1.02. The Morgan fingerprint density at radius 3 is 2.12 bits per heavy atom. The van der Waals surface area contributed by atoms with Crippen LogP contribution in [0.3, 0.4) is 0 Å². The van der Waals surface area contributed by atoms with Crippen LogP contribution in [0.2, 0.25) is 0 Å².